The number of amides is 3. The van der Waals surface area contributed by atoms with Crippen molar-refractivity contribution in [1.29, 1.82) is 0 Å². The van der Waals surface area contributed by atoms with Crippen molar-refractivity contribution < 1.29 is 27.8 Å². The number of halogens is 2. The van der Waals surface area contributed by atoms with Crippen LogP contribution in [0.2, 0.25) is 0 Å². The van der Waals surface area contributed by atoms with Gasteiger partial charge in [0.05, 0.1) is 19.0 Å². The molecular weight excluding hydrogens is 528 g/mol. The fourth-order valence-corrected chi connectivity index (χ4v) is 5.51. The first-order chi connectivity index (χ1) is 19.1. The minimum absolute atomic E-state index is 0.0316. The Labute approximate surface area is 230 Å². The molecule has 3 aliphatic rings. The number of aromatic nitrogens is 4. The third-order valence-electron chi connectivity index (χ3n) is 7.57. The predicted molar refractivity (Wildman–Crippen MR) is 141 cm³/mol. The van der Waals surface area contributed by atoms with Gasteiger partial charge in [-0.05, 0) is 26.5 Å². The number of nitrogens with one attached hydrogen (secondary N) is 2. The molecule has 2 N–H and O–H groups in total. The number of anilines is 3. The average molecular weight is 562 g/mol. The summed E-state index contributed by atoms with van der Waals surface area (Å²) in [5.74, 6) is -1.75. The Bertz CT molecular complexity index is 1210. The summed E-state index contributed by atoms with van der Waals surface area (Å²) in [5.41, 5.74) is 0. The molecule has 3 fully saturated rings. The topological polar surface area (TPSA) is 138 Å². The monoisotopic (exact) mass is 561 g/mol. The second-order valence-corrected chi connectivity index (χ2v) is 10.4. The molecule has 2 saturated heterocycles. The average Bonchev–Trinajstić information content (AvgIpc) is 2.92. The van der Waals surface area contributed by atoms with Gasteiger partial charge in [-0.2, -0.15) is 4.98 Å². The van der Waals surface area contributed by atoms with Crippen LogP contribution in [0.4, 0.5) is 36.0 Å². The number of likely N-dealkylation sites (N-methyl/N-ethyl adjacent to an activating group) is 1. The molecule has 13 nitrogen and oxygen atoms in total. The van der Waals surface area contributed by atoms with E-state index in [-0.39, 0.29) is 42.7 Å². The highest BCUT2D eigenvalue weighted by molar-refractivity contribution is 5.88. The molecule has 1 aliphatic carbocycles. The number of piperidine rings is 3. The lowest BCUT2D eigenvalue weighted by molar-refractivity contribution is -0.102. The molecular formula is C25H33F2N9O4. The van der Waals surface area contributed by atoms with Crippen LogP contribution in [0, 0.1) is 11.8 Å². The number of ether oxygens (including phenoxy) is 2. The second-order valence-electron chi connectivity index (χ2n) is 10.4. The molecule has 2 aromatic heterocycles. The number of fused-ring (bicyclic) bond motifs is 2. The Morgan fingerprint density at radius 3 is 2.60 bits per heavy atom. The van der Waals surface area contributed by atoms with Gasteiger partial charge in [-0.3, -0.25) is 10.6 Å². The lowest BCUT2D eigenvalue weighted by atomic mass is 9.68. The number of rotatable bonds is 7. The van der Waals surface area contributed by atoms with E-state index in [0.717, 1.165) is 24.4 Å². The van der Waals surface area contributed by atoms with E-state index in [4.69, 9.17) is 9.47 Å². The first kappa shape index (κ1) is 27.7. The van der Waals surface area contributed by atoms with E-state index in [1.165, 1.54) is 31.7 Å². The molecule has 0 aromatic carbocycles. The maximum atomic E-state index is 15.0. The number of carbonyl (C=O) groups excluding carboxylic acids is 2. The van der Waals surface area contributed by atoms with E-state index in [1.54, 1.807) is 11.8 Å². The number of nitrogens with zero attached hydrogens (tertiary/aromatic N) is 7. The number of hydrogen-bond donors (Lipinski definition) is 2. The normalized spacial score (nSPS) is 25.4. The first-order valence-electron chi connectivity index (χ1n) is 13.2. The molecule has 15 heteroatoms. The summed E-state index contributed by atoms with van der Waals surface area (Å²) in [4.78, 5) is 46.7. The molecule has 1 saturated carbocycles. The third-order valence-corrected chi connectivity index (χ3v) is 7.57. The Hall–Kier alpha value is -3.88. The summed E-state index contributed by atoms with van der Waals surface area (Å²) in [7, 11) is 3.35. The highest BCUT2D eigenvalue weighted by Gasteiger charge is 2.49. The summed E-state index contributed by atoms with van der Waals surface area (Å²) in [6.45, 7) is 3.74. The van der Waals surface area contributed by atoms with Gasteiger partial charge in [-0.25, -0.2) is 33.3 Å². The Morgan fingerprint density at radius 2 is 1.90 bits per heavy atom. The van der Waals surface area contributed by atoms with Crippen LogP contribution >= 0.6 is 0 Å². The molecule has 4 atom stereocenters. The number of alkyl halides is 2. The van der Waals surface area contributed by atoms with E-state index in [2.05, 4.69) is 42.5 Å². The highest BCUT2D eigenvalue weighted by atomic mass is 19.3. The fourth-order valence-electron chi connectivity index (χ4n) is 5.51. The zero-order chi connectivity index (χ0) is 28.4. The number of carbonyl (C=O) groups is 2. The third kappa shape index (κ3) is 5.98. The van der Waals surface area contributed by atoms with Gasteiger partial charge < -0.3 is 24.2 Å². The standard InChI is InChI=1S/C25H33F2N9O4/c1-4-39-20-11-29-19(10-30-20)32-23(37)35(3)17-14-36(8-6-25(17,26)27)22-28-7-5-18(31-22)33-24(38)40-21-15-9-16(21)13-34(2)12-15/h5,7,10-11,15-17,21H,4,6,8-9,12-14H2,1-3H3,(H,29,32,37)(H,28,31,33,38)/t15-,16?,17?,21?/m1/s1. The Morgan fingerprint density at radius 1 is 1.12 bits per heavy atom. The number of urea groups is 1. The van der Waals surface area contributed by atoms with Gasteiger partial charge in [0.2, 0.25) is 11.8 Å². The van der Waals surface area contributed by atoms with Crippen molar-refractivity contribution in [2.24, 2.45) is 11.8 Å². The van der Waals surface area contributed by atoms with E-state index < -0.39 is 30.5 Å². The summed E-state index contributed by atoms with van der Waals surface area (Å²) < 4.78 is 40.8. The quantitative estimate of drug-likeness (QED) is 0.519. The van der Waals surface area contributed by atoms with E-state index in [0.29, 0.717) is 18.4 Å². The largest absolute Gasteiger partial charge is 0.477 e. The Kier molecular flexibility index (Phi) is 7.83. The summed E-state index contributed by atoms with van der Waals surface area (Å²) in [6.07, 6.45) is 3.88. The maximum Gasteiger partial charge on any atom is 0.413 e. The molecule has 5 rings (SSSR count). The van der Waals surface area contributed by atoms with Crippen LogP contribution in [0.3, 0.4) is 0 Å². The molecule has 0 radical (unpaired) electrons. The fraction of sp³-hybridized carbons (Fsp3) is 0.600. The highest BCUT2D eigenvalue weighted by Crippen LogP contribution is 2.41. The molecule has 2 aliphatic heterocycles. The van der Waals surface area contributed by atoms with Crippen LogP contribution in [0.1, 0.15) is 19.8 Å². The first-order valence-corrected chi connectivity index (χ1v) is 13.2. The lowest BCUT2D eigenvalue weighted by Gasteiger charge is -2.51. The molecule has 3 amide bonds. The van der Waals surface area contributed by atoms with E-state index >= 15 is 0 Å². The van der Waals surface area contributed by atoms with Gasteiger partial charge in [0.15, 0.2) is 5.82 Å². The molecule has 0 spiro atoms. The zero-order valence-corrected chi connectivity index (χ0v) is 22.6. The molecule has 4 heterocycles. The summed E-state index contributed by atoms with van der Waals surface area (Å²) >= 11 is 0. The van der Waals surface area contributed by atoms with Crippen molar-refractivity contribution in [2.75, 3.05) is 62.4 Å². The molecule has 2 aromatic rings. The van der Waals surface area contributed by atoms with Crippen molar-refractivity contribution in [1.82, 2.24) is 29.7 Å². The number of likely N-dealkylation sites (tertiary alicyclic amines) is 1. The maximum absolute atomic E-state index is 15.0. The molecule has 216 valence electrons. The van der Waals surface area contributed by atoms with Crippen molar-refractivity contribution in [2.45, 2.75) is 37.8 Å². The molecule has 3 unspecified atom stereocenters. The minimum Gasteiger partial charge on any atom is -0.477 e. The van der Waals surface area contributed by atoms with Gasteiger partial charge in [0, 0.05) is 57.7 Å². The van der Waals surface area contributed by atoms with Crippen LogP contribution in [0.15, 0.2) is 24.7 Å². The molecule has 40 heavy (non-hydrogen) atoms. The molecule has 2 bridgehead atoms. The van der Waals surface area contributed by atoms with E-state index in [9.17, 15) is 18.4 Å². The smallest absolute Gasteiger partial charge is 0.413 e. The SMILES string of the molecule is CCOc1cnc(NC(=O)N(C)C2CN(c3nccc(NC(=O)OC4C5C[C@@H]4CN(C)C5)n3)CCC2(F)F)cn1. The van der Waals surface area contributed by atoms with Gasteiger partial charge in [0.1, 0.15) is 18.0 Å². The van der Waals surface area contributed by atoms with Crippen molar-refractivity contribution >= 4 is 29.7 Å². The van der Waals surface area contributed by atoms with Gasteiger partial charge in [-0.15, -0.1) is 0 Å². The summed E-state index contributed by atoms with van der Waals surface area (Å²) in [6, 6.07) is -0.734. The number of hydrogen-bond acceptors (Lipinski definition) is 10. The van der Waals surface area contributed by atoms with Crippen LogP contribution in [-0.2, 0) is 4.74 Å². The summed E-state index contributed by atoms with van der Waals surface area (Å²) in [5, 5.41) is 5.12. The van der Waals surface area contributed by atoms with Gasteiger partial charge in [-0.1, -0.05) is 0 Å². The van der Waals surface area contributed by atoms with Crippen LogP contribution < -0.4 is 20.3 Å². The minimum atomic E-state index is -3.15. The second kappa shape index (κ2) is 11.3. The van der Waals surface area contributed by atoms with Gasteiger partial charge in [0.25, 0.3) is 5.92 Å². The zero-order valence-electron chi connectivity index (χ0n) is 22.6. The van der Waals surface area contributed by atoms with Gasteiger partial charge >= 0.3 is 12.1 Å². The van der Waals surface area contributed by atoms with Crippen LogP contribution in [0.25, 0.3) is 0 Å². The van der Waals surface area contributed by atoms with Crippen LogP contribution in [-0.4, -0.2) is 107 Å². The van der Waals surface area contributed by atoms with Crippen molar-refractivity contribution in [3.63, 3.8) is 0 Å². The van der Waals surface area contributed by atoms with Crippen molar-refractivity contribution in [3.8, 4) is 5.88 Å². The van der Waals surface area contributed by atoms with E-state index in [1.807, 2.05) is 0 Å². The van der Waals surface area contributed by atoms with Crippen molar-refractivity contribution in [3.05, 3.63) is 24.7 Å². The Balaban J connectivity index is 1.20. The predicted octanol–water partition coefficient (Wildman–Crippen LogP) is 2.54. The van der Waals surface area contributed by atoms with Crippen LogP contribution in [0.5, 0.6) is 5.88 Å². The lowest BCUT2D eigenvalue weighted by Crippen LogP contribution is -2.60.